The standard InChI is InChI=1S/C17H22ClN3O3S/c1-5-21-14(19-20-17(21)25-10-15(22)23-6-2)9-24-13-7-11(3)16(18)12(4)8-13/h7-8H,5-6,9-10H2,1-4H3. The van der Waals surface area contributed by atoms with Crippen molar-refractivity contribution in [3.63, 3.8) is 0 Å². The molecular formula is C17H22ClN3O3S. The molecule has 0 bridgehead atoms. The Morgan fingerprint density at radius 1 is 1.24 bits per heavy atom. The van der Waals surface area contributed by atoms with Gasteiger partial charge in [-0.1, -0.05) is 23.4 Å². The third-order valence-corrected chi connectivity index (χ3v) is 5.05. The number of esters is 1. The minimum absolute atomic E-state index is 0.211. The molecule has 0 N–H and O–H groups in total. The van der Waals surface area contributed by atoms with Gasteiger partial charge in [0.2, 0.25) is 0 Å². The van der Waals surface area contributed by atoms with E-state index in [4.69, 9.17) is 21.1 Å². The van der Waals surface area contributed by atoms with Crippen LogP contribution in [-0.2, 0) is 22.7 Å². The van der Waals surface area contributed by atoms with Gasteiger partial charge in [-0.3, -0.25) is 4.79 Å². The van der Waals surface area contributed by atoms with Gasteiger partial charge in [0.1, 0.15) is 12.4 Å². The lowest BCUT2D eigenvalue weighted by molar-refractivity contribution is -0.139. The Labute approximate surface area is 156 Å². The van der Waals surface area contributed by atoms with Crippen LogP contribution in [0, 0.1) is 13.8 Å². The summed E-state index contributed by atoms with van der Waals surface area (Å²) in [5, 5.41) is 9.75. The lowest BCUT2D eigenvalue weighted by atomic mass is 10.1. The molecule has 0 aliphatic carbocycles. The summed E-state index contributed by atoms with van der Waals surface area (Å²) in [5.41, 5.74) is 1.94. The number of aromatic nitrogens is 3. The van der Waals surface area contributed by atoms with Gasteiger partial charge in [0, 0.05) is 11.6 Å². The van der Waals surface area contributed by atoms with Crippen LogP contribution >= 0.6 is 23.4 Å². The van der Waals surface area contributed by atoms with E-state index in [0.29, 0.717) is 30.7 Å². The van der Waals surface area contributed by atoms with E-state index in [1.54, 1.807) is 6.92 Å². The molecule has 0 unspecified atom stereocenters. The Morgan fingerprint density at radius 3 is 2.52 bits per heavy atom. The zero-order valence-electron chi connectivity index (χ0n) is 14.8. The largest absolute Gasteiger partial charge is 0.486 e. The molecule has 0 aliphatic rings. The summed E-state index contributed by atoms with van der Waals surface area (Å²) < 4.78 is 12.7. The minimum Gasteiger partial charge on any atom is -0.486 e. The Balaban J connectivity index is 2.04. The predicted molar refractivity (Wildman–Crippen MR) is 98.3 cm³/mol. The molecule has 2 rings (SSSR count). The van der Waals surface area contributed by atoms with Crippen LogP contribution in [0.25, 0.3) is 0 Å². The third kappa shape index (κ3) is 5.12. The summed E-state index contributed by atoms with van der Waals surface area (Å²) in [5.74, 6) is 1.40. The van der Waals surface area contributed by atoms with Gasteiger partial charge in [0.15, 0.2) is 11.0 Å². The Bertz CT molecular complexity index is 726. The van der Waals surface area contributed by atoms with Crippen molar-refractivity contribution in [2.75, 3.05) is 12.4 Å². The van der Waals surface area contributed by atoms with E-state index in [0.717, 1.165) is 21.9 Å². The van der Waals surface area contributed by atoms with Crippen molar-refractivity contribution >= 4 is 29.3 Å². The molecule has 0 saturated heterocycles. The molecule has 0 fully saturated rings. The topological polar surface area (TPSA) is 66.2 Å². The van der Waals surface area contributed by atoms with Gasteiger partial charge in [0.05, 0.1) is 12.4 Å². The molecular weight excluding hydrogens is 362 g/mol. The summed E-state index contributed by atoms with van der Waals surface area (Å²) in [7, 11) is 0. The van der Waals surface area contributed by atoms with Crippen molar-refractivity contribution < 1.29 is 14.3 Å². The molecule has 1 aromatic carbocycles. The van der Waals surface area contributed by atoms with Gasteiger partial charge in [-0.25, -0.2) is 0 Å². The first-order chi connectivity index (χ1) is 12.0. The zero-order valence-corrected chi connectivity index (χ0v) is 16.4. The van der Waals surface area contributed by atoms with Crippen LogP contribution in [0.1, 0.15) is 30.8 Å². The number of halogens is 1. The normalized spacial score (nSPS) is 10.8. The molecule has 6 nitrogen and oxygen atoms in total. The highest BCUT2D eigenvalue weighted by Crippen LogP contribution is 2.26. The molecule has 0 radical (unpaired) electrons. The van der Waals surface area contributed by atoms with Crippen LogP contribution in [0.3, 0.4) is 0 Å². The number of benzene rings is 1. The molecule has 136 valence electrons. The van der Waals surface area contributed by atoms with Crippen LogP contribution in [0.15, 0.2) is 17.3 Å². The number of hydrogen-bond acceptors (Lipinski definition) is 6. The second-order valence-electron chi connectivity index (χ2n) is 5.40. The van der Waals surface area contributed by atoms with E-state index in [-0.39, 0.29) is 11.7 Å². The van der Waals surface area contributed by atoms with Crippen LogP contribution in [0.4, 0.5) is 0 Å². The van der Waals surface area contributed by atoms with E-state index in [1.165, 1.54) is 11.8 Å². The molecule has 8 heteroatoms. The lowest BCUT2D eigenvalue weighted by Gasteiger charge is -2.11. The molecule has 0 spiro atoms. The fourth-order valence-corrected chi connectivity index (χ4v) is 3.24. The molecule has 1 heterocycles. The van der Waals surface area contributed by atoms with Gasteiger partial charge in [-0.15, -0.1) is 10.2 Å². The minimum atomic E-state index is -0.261. The van der Waals surface area contributed by atoms with Crippen molar-refractivity contribution in [2.24, 2.45) is 0 Å². The predicted octanol–water partition coefficient (Wildman–Crippen LogP) is 3.80. The van der Waals surface area contributed by atoms with E-state index < -0.39 is 0 Å². The molecule has 2 aromatic rings. The van der Waals surface area contributed by atoms with Crippen LogP contribution < -0.4 is 4.74 Å². The van der Waals surface area contributed by atoms with Gasteiger partial charge >= 0.3 is 5.97 Å². The summed E-state index contributed by atoms with van der Waals surface area (Å²) in [6.07, 6.45) is 0. The quantitative estimate of drug-likeness (QED) is 0.510. The fourth-order valence-electron chi connectivity index (χ4n) is 2.31. The average Bonchev–Trinajstić information content (AvgIpc) is 2.98. The summed E-state index contributed by atoms with van der Waals surface area (Å²) in [6, 6.07) is 3.80. The molecule has 0 atom stereocenters. The van der Waals surface area contributed by atoms with Crippen LogP contribution in [0.2, 0.25) is 5.02 Å². The summed E-state index contributed by atoms with van der Waals surface area (Å²) in [4.78, 5) is 11.5. The Kier molecular flexibility index (Phi) is 7.13. The number of carbonyl (C=O) groups excluding carboxylic acids is 1. The van der Waals surface area contributed by atoms with Gasteiger partial charge in [0.25, 0.3) is 0 Å². The second-order valence-corrected chi connectivity index (χ2v) is 6.72. The summed E-state index contributed by atoms with van der Waals surface area (Å²) in [6.45, 7) is 9.03. The highest BCUT2D eigenvalue weighted by atomic mass is 35.5. The van der Waals surface area contributed by atoms with E-state index in [1.807, 2.05) is 37.5 Å². The van der Waals surface area contributed by atoms with Gasteiger partial charge in [-0.2, -0.15) is 0 Å². The van der Waals surface area contributed by atoms with Crippen LogP contribution in [-0.4, -0.2) is 33.1 Å². The monoisotopic (exact) mass is 383 g/mol. The number of rotatable bonds is 8. The Hall–Kier alpha value is -1.73. The number of aryl methyl sites for hydroxylation is 2. The SMILES string of the molecule is CCOC(=O)CSc1nnc(COc2cc(C)c(Cl)c(C)c2)n1CC. The number of hydrogen-bond donors (Lipinski definition) is 0. The average molecular weight is 384 g/mol. The van der Waals surface area contributed by atoms with Gasteiger partial charge in [-0.05, 0) is 51.0 Å². The van der Waals surface area contributed by atoms with Crippen molar-refractivity contribution in [1.29, 1.82) is 0 Å². The lowest BCUT2D eigenvalue weighted by Crippen LogP contribution is -2.10. The Morgan fingerprint density at radius 2 is 1.92 bits per heavy atom. The van der Waals surface area contributed by atoms with Crippen molar-refractivity contribution in [2.45, 2.75) is 46.0 Å². The van der Waals surface area contributed by atoms with Crippen LogP contribution in [0.5, 0.6) is 5.75 Å². The highest BCUT2D eigenvalue weighted by Gasteiger charge is 2.14. The number of nitrogens with zero attached hydrogens (tertiary/aromatic N) is 3. The van der Waals surface area contributed by atoms with E-state index >= 15 is 0 Å². The fraction of sp³-hybridized carbons (Fsp3) is 0.471. The molecule has 0 saturated carbocycles. The first kappa shape index (κ1) is 19.6. The highest BCUT2D eigenvalue weighted by molar-refractivity contribution is 7.99. The van der Waals surface area contributed by atoms with Gasteiger partial charge < -0.3 is 14.0 Å². The summed E-state index contributed by atoms with van der Waals surface area (Å²) >= 11 is 7.49. The maximum atomic E-state index is 11.5. The number of thioether (sulfide) groups is 1. The van der Waals surface area contributed by atoms with Crippen molar-refractivity contribution in [3.8, 4) is 5.75 Å². The molecule has 0 amide bonds. The molecule has 1 aromatic heterocycles. The maximum Gasteiger partial charge on any atom is 0.316 e. The molecule has 0 aliphatic heterocycles. The van der Waals surface area contributed by atoms with Crippen molar-refractivity contribution in [3.05, 3.63) is 34.1 Å². The van der Waals surface area contributed by atoms with E-state index in [9.17, 15) is 4.79 Å². The maximum absolute atomic E-state index is 11.5. The van der Waals surface area contributed by atoms with Crippen molar-refractivity contribution in [1.82, 2.24) is 14.8 Å². The smallest absolute Gasteiger partial charge is 0.316 e. The second kappa shape index (κ2) is 9.10. The molecule has 25 heavy (non-hydrogen) atoms. The first-order valence-electron chi connectivity index (χ1n) is 8.06. The van der Waals surface area contributed by atoms with E-state index in [2.05, 4.69) is 10.2 Å². The first-order valence-corrected chi connectivity index (χ1v) is 9.42. The zero-order chi connectivity index (χ0) is 18.4. The number of ether oxygens (including phenoxy) is 2. The number of carbonyl (C=O) groups is 1. The third-order valence-electron chi connectivity index (χ3n) is 3.51.